The lowest BCUT2D eigenvalue weighted by Crippen LogP contribution is -2.40. The lowest BCUT2D eigenvalue weighted by Gasteiger charge is -2.22. The van der Waals surface area contributed by atoms with Gasteiger partial charge in [-0.1, -0.05) is 15.9 Å². The summed E-state index contributed by atoms with van der Waals surface area (Å²) in [5.74, 6) is -1.27. The van der Waals surface area contributed by atoms with Gasteiger partial charge >= 0.3 is 5.97 Å². The number of benzene rings is 1. The molecule has 0 aliphatic carbocycles. The molecule has 1 aliphatic rings. The number of nitrogens with zero attached hydrogens (tertiary/aromatic N) is 1. The third-order valence-corrected chi connectivity index (χ3v) is 4.73. The van der Waals surface area contributed by atoms with Crippen LogP contribution < -0.4 is 0 Å². The Kier molecular flexibility index (Phi) is 5.03. The highest BCUT2D eigenvalue weighted by molar-refractivity contribution is 14.1. The summed E-state index contributed by atoms with van der Waals surface area (Å²) in [4.78, 5) is 25.3. The zero-order valence-electron chi connectivity index (χ0n) is 10.7. The summed E-state index contributed by atoms with van der Waals surface area (Å²) >= 11 is 5.40. The molecule has 1 aromatic carbocycles. The van der Waals surface area contributed by atoms with Crippen molar-refractivity contribution in [2.45, 2.75) is 18.6 Å². The number of hydrogen-bond acceptors (Lipinski definition) is 3. The molecule has 20 heavy (non-hydrogen) atoms. The van der Waals surface area contributed by atoms with Crippen LogP contribution in [-0.2, 0) is 9.53 Å². The molecule has 1 heterocycles. The van der Waals surface area contributed by atoms with E-state index in [9.17, 15) is 14.7 Å². The molecular formula is C13H13BrINO4. The van der Waals surface area contributed by atoms with Gasteiger partial charge in [0.05, 0.1) is 11.7 Å². The SMILES string of the molecule is COC1CC(C(=O)O)N(C(=O)c2cc(Br)ccc2I)C1. The number of carboxylic acids is 1. The van der Waals surface area contributed by atoms with Crippen LogP contribution in [0.3, 0.4) is 0 Å². The molecule has 1 aliphatic heterocycles. The average Bonchev–Trinajstić information content (AvgIpc) is 2.85. The molecule has 2 rings (SSSR count). The summed E-state index contributed by atoms with van der Waals surface area (Å²) in [5, 5.41) is 9.26. The van der Waals surface area contributed by atoms with Gasteiger partial charge in [-0.2, -0.15) is 0 Å². The van der Waals surface area contributed by atoms with Crippen molar-refractivity contribution in [2.24, 2.45) is 0 Å². The predicted octanol–water partition coefficient (Wildman–Crippen LogP) is 2.37. The number of halogens is 2. The van der Waals surface area contributed by atoms with E-state index in [0.29, 0.717) is 18.5 Å². The number of rotatable bonds is 3. The fourth-order valence-electron chi connectivity index (χ4n) is 2.24. The number of carboxylic acid groups (broad SMARTS) is 1. The Labute approximate surface area is 138 Å². The van der Waals surface area contributed by atoms with Gasteiger partial charge in [0.1, 0.15) is 6.04 Å². The van der Waals surface area contributed by atoms with E-state index >= 15 is 0 Å². The Morgan fingerprint density at radius 3 is 2.80 bits per heavy atom. The molecule has 2 atom stereocenters. The quantitative estimate of drug-likeness (QED) is 0.713. The van der Waals surface area contributed by atoms with Crippen LogP contribution in [0.25, 0.3) is 0 Å². The topological polar surface area (TPSA) is 66.8 Å². The van der Waals surface area contributed by atoms with Crippen LogP contribution in [-0.4, -0.2) is 47.7 Å². The zero-order valence-corrected chi connectivity index (χ0v) is 14.4. The van der Waals surface area contributed by atoms with Gasteiger partial charge < -0.3 is 14.7 Å². The maximum Gasteiger partial charge on any atom is 0.326 e. The molecule has 0 saturated carbocycles. The van der Waals surface area contributed by atoms with Crippen LogP contribution >= 0.6 is 38.5 Å². The minimum absolute atomic E-state index is 0.232. The van der Waals surface area contributed by atoms with Crippen molar-refractivity contribution in [3.63, 3.8) is 0 Å². The largest absolute Gasteiger partial charge is 0.480 e. The molecule has 1 N–H and O–H groups in total. The lowest BCUT2D eigenvalue weighted by molar-refractivity contribution is -0.141. The van der Waals surface area contributed by atoms with Crippen molar-refractivity contribution in [2.75, 3.05) is 13.7 Å². The zero-order chi connectivity index (χ0) is 14.9. The molecule has 0 bridgehead atoms. The monoisotopic (exact) mass is 453 g/mol. The highest BCUT2D eigenvalue weighted by Gasteiger charge is 2.40. The Morgan fingerprint density at radius 2 is 2.20 bits per heavy atom. The molecule has 1 saturated heterocycles. The van der Waals surface area contributed by atoms with Gasteiger partial charge in [0, 0.05) is 28.1 Å². The van der Waals surface area contributed by atoms with E-state index in [1.165, 1.54) is 12.0 Å². The van der Waals surface area contributed by atoms with Crippen molar-refractivity contribution >= 4 is 50.4 Å². The van der Waals surface area contributed by atoms with Crippen molar-refractivity contribution in [3.8, 4) is 0 Å². The van der Waals surface area contributed by atoms with Gasteiger partial charge in [-0.3, -0.25) is 4.79 Å². The van der Waals surface area contributed by atoms with Crippen molar-refractivity contribution in [1.29, 1.82) is 0 Å². The van der Waals surface area contributed by atoms with Gasteiger partial charge in [0.2, 0.25) is 0 Å². The van der Waals surface area contributed by atoms with E-state index < -0.39 is 12.0 Å². The number of aliphatic carboxylic acids is 1. The minimum Gasteiger partial charge on any atom is -0.480 e. The van der Waals surface area contributed by atoms with Crippen molar-refractivity contribution < 1.29 is 19.4 Å². The molecule has 0 spiro atoms. The molecule has 1 aromatic rings. The van der Waals surface area contributed by atoms with Gasteiger partial charge in [0.15, 0.2) is 0 Å². The highest BCUT2D eigenvalue weighted by atomic mass is 127. The Balaban J connectivity index is 2.31. The maximum absolute atomic E-state index is 12.6. The Bertz CT molecular complexity index is 551. The molecule has 7 heteroatoms. The Hall–Kier alpha value is -0.670. The predicted molar refractivity (Wildman–Crippen MR) is 84.7 cm³/mol. The van der Waals surface area contributed by atoms with Gasteiger partial charge in [-0.25, -0.2) is 4.79 Å². The molecule has 2 unspecified atom stereocenters. The third-order valence-electron chi connectivity index (χ3n) is 3.30. The number of methoxy groups -OCH3 is 1. The number of carbonyl (C=O) groups is 2. The number of hydrogen-bond donors (Lipinski definition) is 1. The van der Waals surface area contributed by atoms with Gasteiger partial charge in [-0.05, 0) is 40.8 Å². The molecule has 1 amide bonds. The number of amides is 1. The van der Waals surface area contributed by atoms with Crippen LogP contribution in [0.1, 0.15) is 16.8 Å². The van der Waals surface area contributed by atoms with E-state index in [2.05, 4.69) is 38.5 Å². The Morgan fingerprint density at radius 1 is 1.50 bits per heavy atom. The highest BCUT2D eigenvalue weighted by Crippen LogP contribution is 2.26. The fourth-order valence-corrected chi connectivity index (χ4v) is 3.17. The normalized spacial score (nSPS) is 22.1. The summed E-state index contributed by atoms with van der Waals surface area (Å²) in [6.07, 6.45) is 0.0900. The minimum atomic E-state index is -0.997. The second-order valence-electron chi connectivity index (χ2n) is 4.53. The van der Waals surface area contributed by atoms with Crippen molar-refractivity contribution in [3.05, 3.63) is 31.8 Å². The van der Waals surface area contributed by atoms with E-state index in [4.69, 9.17) is 4.74 Å². The summed E-state index contributed by atoms with van der Waals surface area (Å²) in [6, 6.07) is 4.54. The van der Waals surface area contributed by atoms with Crippen LogP contribution in [0.5, 0.6) is 0 Å². The maximum atomic E-state index is 12.6. The molecule has 108 valence electrons. The second kappa shape index (κ2) is 6.40. The summed E-state index contributed by atoms with van der Waals surface area (Å²) in [7, 11) is 1.53. The first-order valence-electron chi connectivity index (χ1n) is 5.95. The molecule has 0 radical (unpaired) electrons. The number of ether oxygens (including phenoxy) is 1. The average molecular weight is 454 g/mol. The lowest BCUT2D eigenvalue weighted by atomic mass is 10.1. The first kappa shape index (κ1) is 15.7. The van der Waals surface area contributed by atoms with Crippen LogP contribution in [0, 0.1) is 3.57 Å². The molecular weight excluding hydrogens is 441 g/mol. The molecule has 1 fully saturated rings. The third kappa shape index (κ3) is 3.15. The molecule has 0 aromatic heterocycles. The van der Waals surface area contributed by atoms with E-state index in [-0.39, 0.29) is 12.0 Å². The summed E-state index contributed by atoms with van der Waals surface area (Å²) < 4.78 is 6.77. The van der Waals surface area contributed by atoms with E-state index in [1.54, 1.807) is 6.07 Å². The first-order chi connectivity index (χ1) is 9.43. The summed E-state index contributed by atoms with van der Waals surface area (Å²) in [6.45, 7) is 0.300. The van der Waals surface area contributed by atoms with E-state index in [1.807, 2.05) is 12.1 Å². The van der Waals surface area contributed by atoms with Gasteiger partial charge in [-0.15, -0.1) is 0 Å². The first-order valence-corrected chi connectivity index (χ1v) is 7.83. The van der Waals surface area contributed by atoms with Crippen LogP contribution in [0.15, 0.2) is 22.7 Å². The molecule has 5 nitrogen and oxygen atoms in total. The van der Waals surface area contributed by atoms with E-state index in [0.717, 1.165) is 8.04 Å². The standard InChI is InChI=1S/C13H13BrINO4/c1-20-8-5-11(13(18)19)16(6-8)12(17)9-4-7(14)2-3-10(9)15/h2-4,8,11H,5-6H2,1H3,(H,18,19). The van der Waals surface area contributed by atoms with Gasteiger partial charge in [0.25, 0.3) is 5.91 Å². The number of likely N-dealkylation sites (tertiary alicyclic amines) is 1. The van der Waals surface area contributed by atoms with Crippen LogP contribution in [0.2, 0.25) is 0 Å². The number of carbonyl (C=O) groups excluding carboxylic acids is 1. The smallest absolute Gasteiger partial charge is 0.326 e. The second-order valence-corrected chi connectivity index (χ2v) is 6.61. The van der Waals surface area contributed by atoms with Crippen molar-refractivity contribution in [1.82, 2.24) is 4.90 Å². The van der Waals surface area contributed by atoms with Crippen LogP contribution in [0.4, 0.5) is 0 Å². The summed E-state index contributed by atoms with van der Waals surface area (Å²) in [5.41, 5.74) is 0.503. The fraction of sp³-hybridized carbons (Fsp3) is 0.385.